The van der Waals surface area contributed by atoms with Gasteiger partial charge in [0.05, 0.1) is 29.6 Å². The van der Waals surface area contributed by atoms with Crippen LogP contribution >= 0.6 is 0 Å². The van der Waals surface area contributed by atoms with Gasteiger partial charge in [-0.3, -0.25) is 0 Å². The van der Waals surface area contributed by atoms with E-state index in [2.05, 4.69) is 145 Å². The Labute approximate surface area is 305 Å². The Kier molecular flexibility index (Phi) is 8.30. The maximum absolute atomic E-state index is 9.57. The fraction of sp³-hybridized carbons (Fsp3) is 0.125. The normalized spacial score (nSPS) is 11.4. The molecule has 0 aromatic heterocycles. The first-order chi connectivity index (χ1) is 25.3. The fourth-order valence-corrected chi connectivity index (χ4v) is 7.39. The second kappa shape index (κ2) is 13.3. The molecule has 0 unspecified atom stereocenters. The van der Waals surface area contributed by atoms with E-state index in [1.807, 2.05) is 48.5 Å². The standard InChI is InChI=1S/C48H38N4/c1-31(2)34-8-20-40(21-9-34)51(39-18-6-33(30-49)7-19-39)45-28-14-36-13-27-44-46(29-15-37-12-26-43(45)47(36)48(37)44)52(42-24-16-38(50-5)17-25-42)41-22-10-35(11-23-41)32(3)4/h6-29,31-32H,1-4H3. The van der Waals surface area contributed by atoms with E-state index in [9.17, 15) is 5.26 Å². The quantitative estimate of drug-likeness (QED) is 0.119. The van der Waals surface area contributed by atoms with Gasteiger partial charge in [-0.25, -0.2) is 4.85 Å². The summed E-state index contributed by atoms with van der Waals surface area (Å²) in [6.45, 7) is 16.4. The summed E-state index contributed by atoms with van der Waals surface area (Å²) in [5.41, 5.74) is 10.1. The first-order valence-corrected chi connectivity index (χ1v) is 17.8. The number of hydrogen-bond acceptors (Lipinski definition) is 3. The molecule has 0 aliphatic heterocycles. The minimum Gasteiger partial charge on any atom is -0.310 e. The topological polar surface area (TPSA) is 34.6 Å². The van der Waals surface area contributed by atoms with Crippen molar-refractivity contribution in [3.05, 3.63) is 174 Å². The summed E-state index contributed by atoms with van der Waals surface area (Å²) in [6.07, 6.45) is 0. The summed E-state index contributed by atoms with van der Waals surface area (Å²) in [7, 11) is 0. The Morgan fingerprint density at radius 1 is 0.481 bits per heavy atom. The van der Waals surface area contributed by atoms with Crippen molar-refractivity contribution in [3.63, 3.8) is 0 Å². The zero-order valence-electron chi connectivity index (χ0n) is 29.8. The average molecular weight is 671 g/mol. The Hall–Kier alpha value is -6.62. The van der Waals surface area contributed by atoms with Crippen LogP contribution in [-0.4, -0.2) is 0 Å². The Morgan fingerprint density at radius 3 is 1.21 bits per heavy atom. The summed E-state index contributed by atoms with van der Waals surface area (Å²) < 4.78 is 0. The van der Waals surface area contributed by atoms with Crippen LogP contribution in [0.3, 0.4) is 0 Å². The Morgan fingerprint density at radius 2 is 0.846 bits per heavy atom. The Balaban J connectivity index is 1.37. The van der Waals surface area contributed by atoms with E-state index >= 15 is 0 Å². The van der Waals surface area contributed by atoms with Crippen molar-refractivity contribution in [1.82, 2.24) is 0 Å². The van der Waals surface area contributed by atoms with Crippen molar-refractivity contribution in [2.24, 2.45) is 0 Å². The maximum Gasteiger partial charge on any atom is 0.187 e. The predicted molar refractivity (Wildman–Crippen MR) is 219 cm³/mol. The van der Waals surface area contributed by atoms with Gasteiger partial charge in [-0.15, -0.1) is 0 Å². The zero-order chi connectivity index (χ0) is 35.9. The third-order valence-electron chi connectivity index (χ3n) is 10.2. The first kappa shape index (κ1) is 32.6. The summed E-state index contributed by atoms with van der Waals surface area (Å²) in [4.78, 5) is 8.27. The van der Waals surface area contributed by atoms with Crippen molar-refractivity contribution in [2.45, 2.75) is 39.5 Å². The molecule has 0 saturated carbocycles. The smallest absolute Gasteiger partial charge is 0.187 e. The number of rotatable bonds is 8. The van der Waals surface area contributed by atoms with Gasteiger partial charge in [0.2, 0.25) is 0 Å². The molecule has 0 saturated heterocycles. The monoisotopic (exact) mass is 670 g/mol. The van der Waals surface area contributed by atoms with Crippen LogP contribution in [0.4, 0.5) is 39.8 Å². The molecule has 0 radical (unpaired) electrons. The maximum atomic E-state index is 9.57. The molecule has 250 valence electrons. The van der Waals surface area contributed by atoms with E-state index in [0.717, 1.165) is 44.9 Å². The number of benzene rings is 8. The van der Waals surface area contributed by atoms with Crippen LogP contribution in [0.2, 0.25) is 0 Å². The molecule has 0 aliphatic rings. The van der Waals surface area contributed by atoms with Crippen molar-refractivity contribution >= 4 is 72.1 Å². The lowest BCUT2D eigenvalue weighted by atomic mass is 9.91. The second-order valence-corrected chi connectivity index (χ2v) is 14.0. The predicted octanol–water partition coefficient (Wildman–Crippen LogP) is 14.2. The highest BCUT2D eigenvalue weighted by atomic mass is 15.1. The van der Waals surface area contributed by atoms with Gasteiger partial charge in [-0.2, -0.15) is 5.26 Å². The molecule has 52 heavy (non-hydrogen) atoms. The van der Waals surface area contributed by atoms with Crippen LogP contribution in [0, 0.1) is 17.9 Å². The van der Waals surface area contributed by atoms with Gasteiger partial charge in [0.15, 0.2) is 5.69 Å². The molecule has 4 nitrogen and oxygen atoms in total. The SMILES string of the molecule is [C-]#[N+]c1ccc(N(c2ccc(C(C)C)cc2)c2ccc3ccc4c(N(c5ccc(C#N)cc5)c5ccc(C(C)C)cc5)ccc5ccc2c3c54)cc1. The number of anilines is 6. The van der Waals surface area contributed by atoms with E-state index in [1.54, 1.807) is 0 Å². The van der Waals surface area contributed by atoms with Crippen LogP contribution in [0.15, 0.2) is 146 Å². The Bertz CT molecular complexity index is 2430. The average Bonchev–Trinajstić information content (AvgIpc) is 3.19. The van der Waals surface area contributed by atoms with E-state index in [0.29, 0.717) is 23.1 Å². The van der Waals surface area contributed by atoms with Gasteiger partial charge in [0, 0.05) is 33.5 Å². The third-order valence-corrected chi connectivity index (χ3v) is 10.2. The van der Waals surface area contributed by atoms with Crippen molar-refractivity contribution in [2.75, 3.05) is 9.80 Å². The van der Waals surface area contributed by atoms with Crippen LogP contribution < -0.4 is 9.80 Å². The summed E-state index contributed by atoms with van der Waals surface area (Å²) in [5.74, 6) is 0.862. The lowest BCUT2D eigenvalue weighted by molar-refractivity contribution is 0.866. The molecular weight excluding hydrogens is 633 g/mol. The van der Waals surface area contributed by atoms with E-state index < -0.39 is 0 Å². The summed E-state index contributed by atoms with van der Waals surface area (Å²) >= 11 is 0. The molecule has 8 aromatic carbocycles. The molecule has 8 aromatic rings. The first-order valence-electron chi connectivity index (χ1n) is 17.8. The van der Waals surface area contributed by atoms with Gasteiger partial charge in [0.1, 0.15) is 0 Å². The molecule has 4 heteroatoms. The third kappa shape index (κ3) is 5.65. The van der Waals surface area contributed by atoms with Crippen LogP contribution in [-0.2, 0) is 0 Å². The minimum atomic E-state index is 0.430. The van der Waals surface area contributed by atoms with Crippen molar-refractivity contribution in [1.29, 1.82) is 5.26 Å². The van der Waals surface area contributed by atoms with Gasteiger partial charge in [0.25, 0.3) is 0 Å². The van der Waals surface area contributed by atoms with Gasteiger partial charge in [-0.1, -0.05) is 100 Å². The van der Waals surface area contributed by atoms with E-state index in [4.69, 9.17) is 6.57 Å². The highest BCUT2D eigenvalue weighted by Gasteiger charge is 2.22. The number of nitrogens with zero attached hydrogens (tertiary/aromatic N) is 4. The molecule has 0 atom stereocenters. The summed E-state index contributed by atoms with van der Waals surface area (Å²) in [6, 6.07) is 53.5. The molecule has 0 bridgehead atoms. The van der Waals surface area contributed by atoms with Gasteiger partial charge in [-0.05, 0) is 117 Å². The lowest BCUT2D eigenvalue weighted by Gasteiger charge is -2.29. The molecular formula is C48H38N4. The van der Waals surface area contributed by atoms with Gasteiger partial charge < -0.3 is 9.80 Å². The zero-order valence-corrected chi connectivity index (χ0v) is 29.8. The molecule has 0 fully saturated rings. The lowest BCUT2D eigenvalue weighted by Crippen LogP contribution is -2.11. The van der Waals surface area contributed by atoms with Crippen LogP contribution in [0.25, 0.3) is 37.2 Å². The van der Waals surface area contributed by atoms with Crippen molar-refractivity contribution < 1.29 is 0 Å². The fourth-order valence-electron chi connectivity index (χ4n) is 7.39. The second-order valence-electron chi connectivity index (χ2n) is 14.0. The number of nitriles is 1. The highest BCUT2D eigenvalue weighted by Crippen LogP contribution is 2.47. The molecule has 0 heterocycles. The van der Waals surface area contributed by atoms with Gasteiger partial charge >= 0.3 is 0 Å². The molecule has 0 aliphatic carbocycles. The van der Waals surface area contributed by atoms with Crippen molar-refractivity contribution in [3.8, 4) is 6.07 Å². The molecule has 0 amide bonds. The van der Waals surface area contributed by atoms with Crippen LogP contribution in [0.1, 0.15) is 56.2 Å². The molecule has 8 rings (SSSR count). The van der Waals surface area contributed by atoms with E-state index in [-0.39, 0.29) is 0 Å². The minimum absolute atomic E-state index is 0.430. The number of hydrogen-bond donors (Lipinski definition) is 0. The van der Waals surface area contributed by atoms with E-state index in [1.165, 1.54) is 32.7 Å². The largest absolute Gasteiger partial charge is 0.310 e. The highest BCUT2D eigenvalue weighted by molar-refractivity contribution is 6.28. The van der Waals surface area contributed by atoms with Crippen LogP contribution in [0.5, 0.6) is 0 Å². The molecule has 0 N–H and O–H groups in total. The molecule has 0 spiro atoms. The summed E-state index contributed by atoms with van der Waals surface area (Å²) in [5, 5.41) is 16.7.